The smallest absolute Gasteiger partial charge is 0.0541 e. The number of nitrogens with one attached hydrogen (secondary N) is 1. The van der Waals surface area contributed by atoms with Gasteiger partial charge in [0.1, 0.15) is 0 Å². The van der Waals surface area contributed by atoms with Crippen LogP contribution in [0, 0.1) is 6.92 Å². The molecule has 51 heavy (non-hydrogen) atoms. The van der Waals surface area contributed by atoms with Crippen LogP contribution in [-0.2, 0) is 6.42 Å². The number of hydrogen-bond acceptors (Lipinski definition) is 2. The lowest BCUT2D eigenvalue weighted by molar-refractivity contribution is 0.668. The van der Waals surface area contributed by atoms with Crippen molar-refractivity contribution in [3.63, 3.8) is 0 Å². The largest absolute Gasteiger partial charge is 0.378 e. The Morgan fingerprint density at radius 3 is 2.00 bits per heavy atom. The lowest BCUT2D eigenvalue weighted by Gasteiger charge is -2.31. The molecule has 1 aromatic heterocycles. The molecule has 1 aliphatic heterocycles. The highest BCUT2D eigenvalue weighted by Crippen LogP contribution is 2.42. The second-order valence-electron chi connectivity index (χ2n) is 13.1. The van der Waals surface area contributed by atoms with Gasteiger partial charge in [-0.25, -0.2) is 0 Å². The molecule has 3 heteroatoms. The van der Waals surface area contributed by atoms with E-state index in [0.29, 0.717) is 6.04 Å². The van der Waals surface area contributed by atoms with Gasteiger partial charge in [-0.1, -0.05) is 123 Å². The van der Waals surface area contributed by atoms with Crippen LogP contribution in [0.3, 0.4) is 0 Å². The molecule has 250 valence electrons. The maximum absolute atomic E-state index is 3.87. The third-order valence-electron chi connectivity index (χ3n) is 10.1. The molecule has 0 fully saturated rings. The summed E-state index contributed by atoms with van der Waals surface area (Å²) in [6, 6.07) is 62.0. The zero-order valence-electron chi connectivity index (χ0n) is 29.6. The van der Waals surface area contributed by atoms with Gasteiger partial charge in [0, 0.05) is 39.2 Å². The zero-order chi connectivity index (χ0) is 34.7. The molecule has 3 nitrogen and oxygen atoms in total. The van der Waals surface area contributed by atoms with Crippen LogP contribution in [0.2, 0.25) is 0 Å². The number of fused-ring (bicyclic) bond motifs is 4. The lowest BCUT2D eigenvalue weighted by Crippen LogP contribution is -2.19. The first-order valence-electron chi connectivity index (χ1n) is 18.2. The van der Waals surface area contributed by atoms with Crippen LogP contribution in [0.4, 0.5) is 22.7 Å². The second-order valence-corrected chi connectivity index (χ2v) is 13.1. The van der Waals surface area contributed by atoms with Crippen molar-refractivity contribution < 1.29 is 0 Å². The Hall–Kier alpha value is -6.06. The molecular weight excluding hydrogens is 619 g/mol. The maximum atomic E-state index is 3.87. The SMILES string of the molecule is CC.Cc1ccccc1N(c1ccc(-c2ccc3c(c2)c2ccccc2n3-c2ccccc2)cc1)c1ccc2c(c1)NC(c1ccccc1)CC2. The minimum absolute atomic E-state index is 0.314. The van der Waals surface area contributed by atoms with Gasteiger partial charge in [-0.05, 0) is 108 Å². The van der Waals surface area contributed by atoms with Gasteiger partial charge < -0.3 is 14.8 Å². The summed E-state index contributed by atoms with van der Waals surface area (Å²) in [6.45, 7) is 6.19. The van der Waals surface area contributed by atoms with Crippen molar-refractivity contribution in [2.75, 3.05) is 10.2 Å². The van der Waals surface area contributed by atoms with Gasteiger partial charge >= 0.3 is 0 Å². The number of aryl methyl sites for hydroxylation is 2. The number of hydrogen-bond donors (Lipinski definition) is 1. The third-order valence-corrected chi connectivity index (χ3v) is 10.1. The van der Waals surface area contributed by atoms with Crippen LogP contribution in [0.15, 0.2) is 170 Å². The third kappa shape index (κ3) is 6.06. The van der Waals surface area contributed by atoms with E-state index in [4.69, 9.17) is 0 Å². The highest BCUT2D eigenvalue weighted by atomic mass is 15.1. The molecule has 2 heterocycles. The van der Waals surface area contributed by atoms with Crippen molar-refractivity contribution in [1.29, 1.82) is 0 Å². The molecule has 0 aliphatic carbocycles. The first-order chi connectivity index (χ1) is 25.2. The molecule has 0 radical (unpaired) electrons. The Balaban J connectivity index is 0.00000184. The monoisotopic (exact) mass is 661 g/mol. The molecule has 7 aromatic carbocycles. The van der Waals surface area contributed by atoms with E-state index in [1.54, 1.807) is 0 Å². The van der Waals surface area contributed by atoms with Crippen LogP contribution in [-0.4, -0.2) is 4.57 Å². The first-order valence-corrected chi connectivity index (χ1v) is 18.2. The van der Waals surface area contributed by atoms with Crippen molar-refractivity contribution in [3.8, 4) is 16.8 Å². The molecular formula is C48H43N3. The van der Waals surface area contributed by atoms with Crippen LogP contribution < -0.4 is 10.2 Å². The van der Waals surface area contributed by atoms with E-state index in [9.17, 15) is 0 Å². The fourth-order valence-corrected chi connectivity index (χ4v) is 7.60. The van der Waals surface area contributed by atoms with E-state index in [0.717, 1.165) is 24.2 Å². The van der Waals surface area contributed by atoms with Crippen LogP contribution in [0.1, 0.15) is 43.0 Å². The molecule has 0 saturated heterocycles. The zero-order valence-corrected chi connectivity index (χ0v) is 29.6. The van der Waals surface area contributed by atoms with Gasteiger partial charge in [-0.2, -0.15) is 0 Å². The molecule has 8 aromatic rings. The normalized spacial score (nSPS) is 13.6. The summed E-state index contributed by atoms with van der Waals surface area (Å²) < 4.78 is 2.37. The Kier molecular flexibility index (Phi) is 8.86. The molecule has 0 saturated carbocycles. The molecule has 1 atom stereocenters. The predicted molar refractivity (Wildman–Crippen MR) is 218 cm³/mol. The van der Waals surface area contributed by atoms with Crippen molar-refractivity contribution in [2.45, 2.75) is 39.7 Å². The summed E-state index contributed by atoms with van der Waals surface area (Å²) in [5.41, 5.74) is 14.7. The topological polar surface area (TPSA) is 20.2 Å². The lowest BCUT2D eigenvalue weighted by atomic mass is 9.93. The molecule has 9 rings (SSSR count). The molecule has 1 unspecified atom stereocenters. The number of aromatic nitrogens is 1. The standard InChI is InChI=1S/C46H37N3.C2H6/c1-32-12-8-10-18-44(32)48(39-27-22-35-23-28-42(47-43(35)31-39)34-13-4-2-5-14-34)38-25-20-33(21-26-38)36-24-29-46-41(30-36)40-17-9-11-19-45(40)49(46)37-15-6-3-7-16-37;1-2/h2-22,24-27,29-31,42,47H,23,28H2,1H3;1-2H3. The Bertz CT molecular complexity index is 2420. The van der Waals surface area contributed by atoms with Crippen LogP contribution >= 0.6 is 0 Å². The Morgan fingerprint density at radius 2 is 1.22 bits per heavy atom. The van der Waals surface area contributed by atoms with E-state index in [1.165, 1.54) is 66.7 Å². The first kappa shape index (κ1) is 32.2. The van der Waals surface area contributed by atoms with E-state index >= 15 is 0 Å². The van der Waals surface area contributed by atoms with Gasteiger partial charge in [0.2, 0.25) is 0 Å². The van der Waals surface area contributed by atoms with E-state index in [1.807, 2.05) is 13.8 Å². The van der Waals surface area contributed by atoms with Gasteiger partial charge in [0.25, 0.3) is 0 Å². The van der Waals surface area contributed by atoms with Crippen LogP contribution in [0.5, 0.6) is 0 Å². The molecule has 1 N–H and O–H groups in total. The predicted octanol–water partition coefficient (Wildman–Crippen LogP) is 13.4. The number of benzene rings is 7. The summed E-state index contributed by atoms with van der Waals surface area (Å²) in [5.74, 6) is 0. The van der Waals surface area contributed by atoms with Gasteiger partial charge in [0.15, 0.2) is 0 Å². The van der Waals surface area contributed by atoms with E-state index < -0.39 is 0 Å². The fourth-order valence-electron chi connectivity index (χ4n) is 7.60. The minimum Gasteiger partial charge on any atom is -0.378 e. The van der Waals surface area contributed by atoms with E-state index in [2.05, 4.69) is 192 Å². The van der Waals surface area contributed by atoms with E-state index in [-0.39, 0.29) is 0 Å². The van der Waals surface area contributed by atoms with Crippen molar-refractivity contribution in [2.24, 2.45) is 0 Å². The summed E-state index contributed by atoms with van der Waals surface area (Å²) in [5, 5.41) is 6.39. The highest BCUT2D eigenvalue weighted by Gasteiger charge is 2.22. The average molecular weight is 662 g/mol. The van der Waals surface area contributed by atoms with Crippen LogP contribution in [0.25, 0.3) is 38.6 Å². The van der Waals surface area contributed by atoms with Crippen molar-refractivity contribution in [3.05, 3.63) is 187 Å². The summed E-state index contributed by atoms with van der Waals surface area (Å²) >= 11 is 0. The molecule has 0 bridgehead atoms. The number of anilines is 4. The molecule has 0 amide bonds. The van der Waals surface area contributed by atoms with Gasteiger partial charge in [-0.3, -0.25) is 0 Å². The van der Waals surface area contributed by atoms with Crippen molar-refractivity contribution >= 4 is 44.6 Å². The van der Waals surface area contributed by atoms with Gasteiger partial charge in [-0.15, -0.1) is 0 Å². The highest BCUT2D eigenvalue weighted by molar-refractivity contribution is 6.10. The maximum Gasteiger partial charge on any atom is 0.0541 e. The number of para-hydroxylation sites is 3. The number of nitrogens with zero attached hydrogens (tertiary/aromatic N) is 2. The summed E-state index contributed by atoms with van der Waals surface area (Å²) in [4.78, 5) is 2.39. The summed E-state index contributed by atoms with van der Waals surface area (Å²) in [6.07, 6.45) is 2.16. The molecule has 1 aliphatic rings. The summed E-state index contributed by atoms with van der Waals surface area (Å²) in [7, 11) is 0. The van der Waals surface area contributed by atoms with Crippen molar-refractivity contribution in [1.82, 2.24) is 4.57 Å². The quantitative estimate of drug-likeness (QED) is 0.191. The second kappa shape index (κ2) is 14.0. The molecule has 0 spiro atoms. The minimum atomic E-state index is 0.314. The number of rotatable bonds is 6. The Morgan fingerprint density at radius 1 is 0.569 bits per heavy atom. The fraction of sp³-hybridized carbons (Fsp3) is 0.125. The average Bonchev–Trinajstić information content (AvgIpc) is 3.54. The Labute approximate surface area is 301 Å². The van der Waals surface area contributed by atoms with Gasteiger partial charge in [0.05, 0.1) is 17.1 Å².